The number of carbonyl (C=O) groups is 2. The predicted octanol–water partition coefficient (Wildman–Crippen LogP) is 2.86. The van der Waals surface area contributed by atoms with Crippen molar-refractivity contribution in [2.45, 2.75) is 25.7 Å². The van der Waals surface area contributed by atoms with Gasteiger partial charge in [0, 0.05) is 42.7 Å². The SMILES string of the molecule is O=C(CN1CCN(C(=O)C2CCCC2)CC1)c1ccc(Cl)cc1. The van der Waals surface area contributed by atoms with Crippen LogP contribution in [0.2, 0.25) is 5.02 Å². The molecule has 0 unspecified atom stereocenters. The number of nitrogens with zero attached hydrogens (tertiary/aromatic N) is 2. The van der Waals surface area contributed by atoms with Gasteiger partial charge in [-0.25, -0.2) is 0 Å². The Morgan fingerprint density at radius 3 is 2.22 bits per heavy atom. The van der Waals surface area contributed by atoms with Crippen molar-refractivity contribution >= 4 is 23.3 Å². The molecule has 2 fully saturated rings. The lowest BCUT2D eigenvalue weighted by Crippen LogP contribution is -2.51. The molecule has 1 saturated carbocycles. The molecule has 5 heteroatoms. The fourth-order valence-electron chi connectivity index (χ4n) is 3.49. The third-order valence-corrected chi connectivity index (χ3v) is 5.17. The molecule has 0 spiro atoms. The summed E-state index contributed by atoms with van der Waals surface area (Å²) in [6.07, 6.45) is 4.47. The van der Waals surface area contributed by atoms with Gasteiger partial charge in [0.1, 0.15) is 0 Å². The maximum Gasteiger partial charge on any atom is 0.225 e. The van der Waals surface area contributed by atoms with Crippen LogP contribution >= 0.6 is 11.6 Å². The van der Waals surface area contributed by atoms with E-state index in [1.165, 1.54) is 12.8 Å². The molecule has 124 valence electrons. The van der Waals surface area contributed by atoms with Gasteiger partial charge in [0.05, 0.1) is 6.54 Å². The highest BCUT2D eigenvalue weighted by Crippen LogP contribution is 2.26. The standard InChI is InChI=1S/C18H23ClN2O2/c19-16-7-5-14(6-8-16)17(22)13-20-9-11-21(12-10-20)18(23)15-3-1-2-4-15/h5-8,15H,1-4,9-13H2. The lowest BCUT2D eigenvalue weighted by molar-refractivity contribution is -0.137. The van der Waals surface area contributed by atoms with Crippen LogP contribution in [-0.2, 0) is 4.79 Å². The van der Waals surface area contributed by atoms with E-state index in [9.17, 15) is 9.59 Å². The Bertz CT molecular complexity index is 559. The number of ketones is 1. The van der Waals surface area contributed by atoms with Crippen LogP contribution in [0.25, 0.3) is 0 Å². The molecule has 4 nitrogen and oxygen atoms in total. The molecule has 1 aromatic rings. The summed E-state index contributed by atoms with van der Waals surface area (Å²) < 4.78 is 0. The highest BCUT2D eigenvalue weighted by atomic mass is 35.5. The van der Waals surface area contributed by atoms with E-state index in [0.29, 0.717) is 23.0 Å². The summed E-state index contributed by atoms with van der Waals surface area (Å²) in [5.74, 6) is 0.681. The molecule has 2 aliphatic rings. The van der Waals surface area contributed by atoms with Crippen LogP contribution in [-0.4, -0.2) is 54.2 Å². The van der Waals surface area contributed by atoms with Gasteiger partial charge in [0.15, 0.2) is 5.78 Å². The molecular weight excluding hydrogens is 312 g/mol. The maximum atomic E-state index is 12.4. The molecule has 3 rings (SSSR count). The monoisotopic (exact) mass is 334 g/mol. The molecule has 1 saturated heterocycles. The fourth-order valence-corrected chi connectivity index (χ4v) is 3.61. The van der Waals surface area contributed by atoms with E-state index in [2.05, 4.69) is 4.90 Å². The topological polar surface area (TPSA) is 40.6 Å². The molecule has 1 heterocycles. The second-order valence-electron chi connectivity index (χ2n) is 6.51. The molecule has 23 heavy (non-hydrogen) atoms. The first-order valence-corrected chi connectivity index (χ1v) is 8.81. The number of benzene rings is 1. The Labute approximate surface area is 142 Å². The maximum absolute atomic E-state index is 12.4. The van der Waals surface area contributed by atoms with Gasteiger partial charge in [-0.3, -0.25) is 14.5 Å². The van der Waals surface area contributed by atoms with E-state index in [0.717, 1.165) is 39.0 Å². The molecule has 0 bridgehead atoms. The number of Topliss-reactive ketones (excluding diaryl/α,β-unsaturated/α-hetero) is 1. The van der Waals surface area contributed by atoms with Gasteiger partial charge in [-0.05, 0) is 37.1 Å². The minimum Gasteiger partial charge on any atom is -0.340 e. The van der Waals surface area contributed by atoms with Gasteiger partial charge in [-0.1, -0.05) is 24.4 Å². The zero-order valence-electron chi connectivity index (χ0n) is 13.3. The highest BCUT2D eigenvalue weighted by Gasteiger charge is 2.29. The van der Waals surface area contributed by atoms with Crippen molar-refractivity contribution in [1.82, 2.24) is 9.80 Å². The Morgan fingerprint density at radius 1 is 1.00 bits per heavy atom. The number of carbonyl (C=O) groups excluding carboxylic acids is 2. The molecule has 1 aromatic carbocycles. The second-order valence-corrected chi connectivity index (χ2v) is 6.95. The van der Waals surface area contributed by atoms with Crippen LogP contribution in [0.1, 0.15) is 36.0 Å². The number of hydrogen-bond acceptors (Lipinski definition) is 3. The molecular formula is C18H23ClN2O2. The van der Waals surface area contributed by atoms with E-state index in [4.69, 9.17) is 11.6 Å². The van der Waals surface area contributed by atoms with Crippen molar-refractivity contribution in [3.8, 4) is 0 Å². The molecule has 1 aliphatic heterocycles. The van der Waals surface area contributed by atoms with E-state index in [1.54, 1.807) is 24.3 Å². The number of halogens is 1. The molecule has 0 atom stereocenters. The van der Waals surface area contributed by atoms with Crippen molar-refractivity contribution in [2.24, 2.45) is 5.92 Å². The van der Waals surface area contributed by atoms with E-state index >= 15 is 0 Å². The first-order chi connectivity index (χ1) is 11.1. The summed E-state index contributed by atoms with van der Waals surface area (Å²) in [5, 5.41) is 0.639. The van der Waals surface area contributed by atoms with Gasteiger partial charge in [-0.2, -0.15) is 0 Å². The quantitative estimate of drug-likeness (QED) is 0.795. The molecule has 0 aromatic heterocycles. The van der Waals surface area contributed by atoms with Crippen LogP contribution in [0, 0.1) is 5.92 Å². The Morgan fingerprint density at radius 2 is 1.61 bits per heavy atom. The van der Waals surface area contributed by atoms with Crippen LogP contribution in [0.4, 0.5) is 0 Å². The van der Waals surface area contributed by atoms with Crippen molar-refractivity contribution in [2.75, 3.05) is 32.7 Å². The van der Waals surface area contributed by atoms with Gasteiger partial charge in [0.25, 0.3) is 0 Å². The molecule has 0 N–H and O–H groups in total. The number of rotatable bonds is 4. The Kier molecular flexibility index (Phi) is 5.34. The van der Waals surface area contributed by atoms with Crippen molar-refractivity contribution < 1.29 is 9.59 Å². The summed E-state index contributed by atoms with van der Waals surface area (Å²) in [5.41, 5.74) is 0.693. The zero-order valence-corrected chi connectivity index (χ0v) is 14.1. The smallest absolute Gasteiger partial charge is 0.225 e. The Hall–Kier alpha value is -1.39. The minimum atomic E-state index is 0.109. The summed E-state index contributed by atoms with van der Waals surface area (Å²) in [4.78, 5) is 28.8. The minimum absolute atomic E-state index is 0.109. The van der Waals surface area contributed by atoms with E-state index in [1.807, 2.05) is 4.90 Å². The summed E-state index contributed by atoms with van der Waals surface area (Å²) in [6, 6.07) is 7.02. The summed E-state index contributed by atoms with van der Waals surface area (Å²) >= 11 is 5.85. The fraction of sp³-hybridized carbons (Fsp3) is 0.556. The summed E-state index contributed by atoms with van der Waals surface area (Å²) in [6.45, 7) is 3.44. The first-order valence-electron chi connectivity index (χ1n) is 8.43. The lowest BCUT2D eigenvalue weighted by Gasteiger charge is -2.35. The van der Waals surface area contributed by atoms with Crippen molar-refractivity contribution in [3.63, 3.8) is 0 Å². The van der Waals surface area contributed by atoms with Crippen molar-refractivity contribution in [3.05, 3.63) is 34.9 Å². The normalized spacial score (nSPS) is 20.0. The zero-order chi connectivity index (χ0) is 16.2. The summed E-state index contributed by atoms with van der Waals surface area (Å²) in [7, 11) is 0. The van der Waals surface area contributed by atoms with E-state index in [-0.39, 0.29) is 11.7 Å². The predicted molar refractivity (Wildman–Crippen MR) is 90.8 cm³/mol. The highest BCUT2D eigenvalue weighted by molar-refractivity contribution is 6.30. The van der Waals surface area contributed by atoms with Crippen molar-refractivity contribution in [1.29, 1.82) is 0 Å². The second kappa shape index (κ2) is 7.45. The van der Waals surface area contributed by atoms with Gasteiger partial charge >= 0.3 is 0 Å². The number of amides is 1. The van der Waals surface area contributed by atoms with E-state index < -0.39 is 0 Å². The molecule has 1 amide bonds. The number of piperazine rings is 1. The average molecular weight is 335 g/mol. The molecule has 0 radical (unpaired) electrons. The average Bonchev–Trinajstić information content (AvgIpc) is 3.10. The number of hydrogen-bond donors (Lipinski definition) is 0. The van der Waals surface area contributed by atoms with Crippen LogP contribution in [0.15, 0.2) is 24.3 Å². The molecule has 1 aliphatic carbocycles. The third kappa shape index (κ3) is 4.12. The first kappa shape index (κ1) is 16.5. The van der Waals surface area contributed by atoms with Gasteiger partial charge in [0.2, 0.25) is 5.91 Å². The van der Waals surface area contributed by atoms with Crippen LogP contribution in [0.5, 0.6) is 0 Å². The van der Waals surface area contributed by atoms with Crippen LogP contribution in [0.3, 0.4) is 0 Å². The third-order valence-electron chi connectivity index (χ3n) is 4.92. The Balaban J connectivity index is 1.48. The lowest BCUT2D eigenvalue weighted by atomic mass is 10.1. The van der Waals surface area contributed by atoms with Crippen LogP contribution < -0.4 is 0 Å². The van der Waals surface area contributed by atoms with Gasteiger partial charge < -0.3 is 4.90 Å². The van der Waals surface area contributed by atoms with Gasteiger partial charge in [-0.15, -0.1) is 0 Å². The largest absolute Gasteiger partial charge is 0.340 e.